The summed E-state index contributed by atoms with van der Waals surface area (Å²) < 4.78 is 12.0. The van der Waals surface area contributed by atoms with Crippen LogP contribution >= 0.6 is 12.1 Å². The van der Waals surface area contributed by atoms with Crippen LogP contribution in [-0.4, -0.2) is 0 Å². The number of halogens is 1. The Morgan fingerprint density at radius 1 is 1.36 bits per heavy atom. The molecule has 0 amide bonds. The first-order valence-corrected chi connectivity index (χ1v) is 3.81. The van der Waals surface area contributed by atoms with Crippen LogP contribution in [0.25, 0.3) is 0 Å². The number of anilines is 2. The molecule has 0 bridgehead atoms. The van der Waals surface area contributed by atoms with Crippen molar-refractivity contribution in [2.45, 2.75) is 11.8 Å². The Morgan fingerprint density at radius 2 is 2.00 bits per heavy atom. The van der Waals surface area contributed by atoms with Gasteiger partial charge in [0.25, 0.3) is 0 Å². The number of hydrogen-bond donors (Lipinski definition) is 2. The van der Waals surface area contributed by atoms with Gasteiger partial charge in [0, 0.05) is 4.90 Å². The van der Waals surface area contributed by atoms with Crippen molar-refractivity contribution in [1.82, 2.24) is 0 Å². The fraction of sp³-hybridized carbons (Fsp3) is 0.143. The van der Waals surface area contributed by atoms with Crippen LogP contribution in [0.1, 0.15) is 5.56 Å². The molecule has 0 atom stereocenters. The predicted molar refractivity (Wildman–Crippen MR) is 47.0 cm³/mol. The lowest BCUT2D eigenvalue weighted by molar-refractivity contribution is 0.934. The van der Waals surface area contributed by atoms with Crippen molar-refractivity contribution in [2.24, 2.45) is 0 Å². The van der Waals surface area contributed by atoms with Crippen LogP contribution in [0.5, 0.6) is 0 Å². The number of aryl methyl sites for hydroxylation is 1. The standard InChI is InChI=1S/C7H9FN2S/c1-4-2-5(11-8)3-6(9)7(4)10/h2-3H,9-10H2,1H3. The molecule has 0 unspecified atom stereocenters. The lowest BCUT2D eigenvalue weighted by Gasteiger charge is -2.04. The molecule has 1 aromatic carbocycles. The summed E-state index contributed by atoms with van der Waals surface area (Å²) in [6.07, 6.45) is 0. The first-order chi connectivity index (χ1) is 5.15. The minimum absolute atomic E-state index is 0.170. The van der Waals surface area contributed by atoms with Gasteiger partial charge in [-0.05, 0) is 24.6 Å². The minimum atomic E-state index is 0.170. The minimum Gasteiger partial charge on any atom is -0.397 e. The van der Waals surface area contributed by atoms with Gasteiger partial charge < -0.3 is 11.5 Å². The van der Waals surface area contributed by atoms with E-state index >= 15 is 0 Å². The highest BCUT2D eigenvalue weighted by Gasteiger charge is 2.01. The molecular weight excluding hydrogens is 163 g/mol. The second-order valence-corrected chi connectivity index (χ2v) is 2.95. The summed E-state index contributed by atoms with van der Waals surface area (Å²) in [6.45, 7) is 1.80. The van der Waals surface area contributed by atoms with Gasteiger partial charge in [0.2, 0.25) is 0 Å². The van der Waals surface area contributed by atoms with Gasteiger partial charge in [-0.2, -0.15) is 3.89 Å². The van der Waals surface area contributed by atoms with Crippen LogP contribution in [0, 0.1) is 6.92 Å². The van der Waals surface area contributed by atoms with Crippen molar-refractivity contribution < 1.29 is 3.89 Å². The van der Waals surface area contributed by atoms with Crippen LogP contribution < -0.4 is 11.5 Å². The Balaban J connectivity index is 3.21. The second kappa shape index (κ2) is 3.00. The fourth-order valence-electron chi connectivity index (χ4n) is 0.836. The quantitative estimate of drug-likeness (QED) is 0.638. The van der Waals surface area contributed by atoms with E-state index in [9.17, 15) is 3.89 Å². The van der Waals surface area contributed by atoms with Crippen LogP contribution in [-0.2, 0) is 0 Å². The van der Waals surface area contributed by atoms with Crippen LogP contribution in [0.15, 0.2) is 17.0 Å². The molecule has 0 heterocycles. The number of benzene rings is 1. The van der Waals surface area contributed by atoms with Crippen LogP contribution in [0.3, 0.4) is 0 Å². The summed E-state index contributed by atoms with van der Waals surface area (Å²) in [4.78, 5) is 0.495. The molecule has 0 spiro atoms. The van der Waals surface area contributed by atoms with Crippen LogP contribution in [0.4, 0.5) is 15.3 Å². The molecule has 0 aliphatic carbocycles. The molecule has 4 heteroatoms. The highest BCUT2D eigenvalue weighted by molar-refractivity contribution is 7.94. The first-order valence-electron chi connectivity index (χ1n) is 3.09. The van der Waals surface area contributed by atoms with E-state index in [1.165, 1.54) is 6.07 Å². The van der Waals surface area contributed by atoms with Crippen LogP contribution in [0.2, 0.25) is 0 Å². The Kier molecular flexibility index (Phi) is 2.24. The van der Waals surface area contributed by atoms with Gasteiger partial charge in [0.15, 0.2) is 0 Å². The largest absolute Gasteiger partial charge is 0.397 e. The Labute approximate surface area is 69.1 Å². The average molecular weight is 172 g/mol. The summed E-state index contributed by atoms with van der Waals surface area (Å²) in [7, 11) is 0. The number of hydrogen-bond acceptors (Lipinski definition) is 3. The van der Waals surface area contributed by atoms with E-state index in [2.05, 4.69) is 0 Å². The van der Waals surface area contributed by atoms with Gasteiger partial charge >= 0.3 is 0 Å². The van der Waals surface area contributed by atoms with E-state index in [1.54, 1.807) is 13.0 Å². The highest BCUT2D eigenvalue weighted by Crippen LogP contribution is 2.28. The zero-order valence-corrected chi connectivity index (χ0v) is 6.91. The van der Waals surface area contributed by atoms with Crippen molar-refractivity contribution in [1.29, 1.82) is 0 Å². The average Bonchev–Trinajstić information content (AvgIpc) is 1.99. The Hall–Kier alpha value is -0.900. The molecule has 1 aromatic rings. The molecule has 4 N–H and O–H groups in total. The van der Waals surface area contributed by atoms with Crippen molar-refractivity contribution in [3.8, 4) is 0 Å². The molecule has 0 saturated carbocycles. The fourth-order valence-corrected chi connectivity index (χ4v) is 1.23. The van der Waals surface area contributed by atoms with E-state index in [4.69, 9.17) is 11.5 Å². The maximum Gasteiger partial charge on any atom is 0.0813 e. The van der Waals surface area contributed by atoms with E-state index in [0.717, 1.165) is 5.56 Å². The summed E-state index contributed by atoms with van der Waals surface area (Å²) in [5.41, 5.74) is 12.8. The van der Waals surface area contributed by atoms with Crippen molar-refractivity contribution in [2.75, 3.05) is 11.5 Å². The maximum absolute atomic E-state index is 12.0. The molecular formula is C7H9FN2S. The van der Waals surface area contributed by atoms with Gasteiger partial charge in [-0.1, -0.05) is 0 Å². The summed E-state index contributed by atoms with van der Waals surface area (Å²) >= 11 is 0.170. The first kappa shape index (κ1) is 8.20. The van der Waals surface area contributed by atoms with Crippen molar-refractivity contribution in [3.05, 3.63) is 17.7 Å². The second-order valence-electron chi connectivity index (χ2n) is 2.32. The van der Waals surface area contributed by atoms with E-state index in [0.29, 0.717) is 16.3 Å². The number of nitrogen functional groups attached to an aromatic ring is 2. The monoisotopic (exact) mass is 172 g/mol. The van der Waals surface area contributed by atoms with Gasteiger partial charge in [-0.25, -0.2) is 0 Å². The molecule has 0 saturated heterocycles. The lowest BCUT2D eigenvalue weighted by atomic mass is 10.2. The van der Waals surface area contributed by atoms with Crippen molar-refractivity contribution >= 4 is 23.5 Å². The number of rotatable bonds is 1. The summed E-state index contributed by atoms with van der Waals surface area (Å²) in [5, 5.41) is 0. The molecule has 0 aliphatic heterocycles. The van der Waals surface area contributed by atoms with Crippen molar-refractivity contribution in [3.63, 3.8) is 0 Å². The third-order valence-electron chi connectivity index (χ3n) is 1.48. The number of nitrogens with two attached hydrogens (primary N) is 2. The van der Waals surface area contributed by atoms with Gasteiger partial charge in [-0.3, -0.25) is 0 Å². The maximum atomic E-state index is 12.0. The lowest BCUT2D eigenvalue weighted by Crippen LogP contribution is -1.97. The Bertz CT molecular complexity index is 252. The molecule has 0 aromatic heterocycles. The molecule has 0 fully saturated rings. The molecule has 0 aliphatic rings. The van der Waals surface area contributed by atoms with E-state index in [-0.39, 0.29) is 12.1 Å². The molecule has 0 radical (unpaired) electrons. The zero-order valence-electron chi connectivity index (χ0n) is 6.10. The zero-order chi connectivity index (χ0) is 8.43. The normalized spacial score (nSPS) is 10.0. The summed E-state index contributed by atoms with van der Waals surface area (Å²) in [5.74, 6) is 0. The van der Waals surface area contributed by atoms with Gasteiger partial charge in [-0.15, -0.1) is 0 Å². The SMILES string of the molecule is Cc1cc(SF)cc(N)c1N. The highest BCUT2D eigenvalue weighted by atomic mass is 32.2. The smallest absolute Gasteiger partial charge is 0.0813 e. The van der Waals surface area contributed by atoms with Gasteiger partial charge in [0.1, 0.15) is 0 Å². The molecule has 60 valence electrons. The topological polar surface area (TPSA) is 52.0 Å². The van der Waals surface area contributed by atoms with Gasteiger partial charge in [0.05, 0.1) is 23.5 Å². The molecule has 2 nitrogen and oxygen atoms in total. The molecule has 11 heavy (non-hydrogen) atoms. The third kappa shape index (κ3) is 1.57. The Morgan fingerprint density at radius 3 is 2.45 bits per heavy atom. The van der Waals surface area contributed by atoms with E-state index in [1.807, 2.05) is 0 Å². The van der Waals surface area contributed by atoms with E-state index < -0.39 is 0 Å². The predicted octanol–water partition coefficient (Wildman–Crippen LogP) is 2.14. The third-order valence-corrected chi connectivity index (χ3v) is 1.90. The summed E-state index contributed by atoms with van der Waals surface area (Å²) in [6, 6.07) is 3.18. The molecule has 1 rings (SSSR count).